The van der Waals surface area contributed by atoms with Crippen LogP contribution in [0.1, 0.15) is 27.7 Å². The van der Waals surface area contributed by atoms with Crippen molar-refractivity contribution in [2.45, 2.75) is 39.9 Å². The Balaban J connectivity index is -0.0000000720. The largest absolute Gasteiger partial charge is 0.394 e. The second-order valence-electron chi connectivity index (χ2n) is 2.19. The van der Waals surface area contributed by atoms with Gasteiger partial charge in [0.1, 0.15) is 0 Å². The van der Waals surface area contributed by atoms with Crippen LogP contribution in [0.4, 0.5) is 0 Å². The minimum Gasteiger partial charge on any atom is -0.394 e. The first-order valence-corrected chi connectivity index (χ1v) is 2.83. The zero-order chi connectivity index (χ0) is 7.15. The zero-order valence-corrected chi connectivity index (χ0v) is 7.29. The van der Waals surface area contributed by atoms with Gasteiger partial charge in [-0.05, 0) is 27.7 Å². The maximum atomic E-state index is 8.06. The molecule has 0 saturated carbocycles. The van der Waals surface area contributed by atoms with E-state index >= 15 is 0 Å². The van der Waals surface area contributed by atoms with Crippen LogP contribution in [0.2, 0.25) is 0 Å². The monoisotopic (exact) mass is 183 g/mol. The van der Waals surface area contributed by atoms with Gasteiger partial charge in [-0.3, -0.25) is 0 Å². The van der Waals surface area contributed by atoms with Crippen LogP contribution < -0.4 is 0 Å². The van der Waals surface area contributed by atoms with Gasteiger partial charge >= 0.3 is 0 Å². The molecule has 0 aromatic carbocycles. The molecule has 1 radical (unpaired) electrons. The SMILES string of the molecule is CC(C)O.CC(C)O.[Cu]. The number of hydrogen-bond donors (Lipinski definition) is 2. The van der Waals surface area contributed by atoms with Crippen LogP contribution in [-0.2, 0) is 17.1 Å². The Morgan fingerprint density at radius 1 is 0.778 bits per heavy atom. The maximum Gasteiger partial charge on any atom is 0.0483 e. The van der Waals surface area contributed by atoms with E-state index in [1.165, 1.54) is 0 Å². The summed E-state index contributed by atoms with van der Waals surface area (Å²) in [5.41, 5.74) is 0. The van der Waals surface area contributed by atoms with E-state index < -0.39 is 0 Å². The van der Waals surface area contributed by atoms with Crippen molar-refractivity contribution in [2.24, 2.45) is 0 Å². The van der Waals surface area contributed by atoms with Crippen molar-refractivity contribution in [3.8, 4) is 0 Å². The van der Waals surface area contributed by atoms with E-state index in [0.29, 0.717) is 0 Å². The van der Waals surface area contributed by atoms with Gasteiger partial charge in [-0.2, -0.15) is 0 Å². The molecule has 2 N–H and O–H groups in total. The van der Waals surface area contributed by atoms with Gasteiger partial charge in [-0.15, -0.1) is 0 Å². The molecular formula is C6H16CuO2. The third-order valence-corrected chi connectivity index (χ3v) is 0. The smallest absolute Gasteiger partial charge is 0.0483 e. The first kappa shape index (κ1) is 16.2. The number of hydrogen-bond acceptors (Lipinski definition) is 2. The van der Waals surface area contributed by atoms with Gasteiger partial charge in [0, 0.05) is 29.3 Å². The van der Waals surface area contributed by atoms with Gasteiger partial charge in [0.15, 0.2) is 0 Å². The molecule has 0 rings (SSSR count). The van der Waals surface area contributed by atoms with Crippen LogP contribution >= 0.6 is 0 Å². The average Bonchev–Trinajstić information content (AvgIpc) is 1.25. The Kier molecular flexibility index (Phi) is 20.3. The summed E-state index contributed by atoms with van der Waals surface area (Å²) in [6, 6.07) is 0. The van der Waals surface area contributed by atoms with Crippen molar-refractivity contribution in [3.05, 3.63) is 0 Å². The molecule has 0 aliphatic heterocycles. The van der Waals surface area contributed by atoms with Crippen molar-refractivity contribution < 1.29 is 27.3 Å². The average molecular weight is 184 g/mol. The van der Waals surface area contributed by atoms with E-state index in [1.807, 2.05) is 0 Å². The molecule has 0 aromatic heterocycles. The number of aliphatic hydroxyl groups excluding tert-OH is 2. The minimum absolute atomic E-state index is 0. The standard InChI is InChI=1S/2C3H8O.Cu/c2*1-3(2)4;/h2*3-4H,1-2H3;. The van der Waals surface area contributed by atoms with Crippen LogP contribution in [-0.4, -0.2) is 22.4 Å². The van der Waals surface area contributed by atoms with Crippen molar-refractivity contribution in [1.82, 2.24) is 0 Å². The van der Waals surface area contributed by atoms with Crippen LogP contribution in [0.15, 0.2) is 0 Å². The quantitative estimate of drug-likeness (QED) is 0.545. The predicted molar refractivity (Wildman–Crippen MR) is 34.7 cm³/mol. The van der Waals surface area contributed by atoms with Crippen LogP contribution in [0, 0.1) is 0 Å². The summed E-state index contributed by atoms with van der Waals surface area (Å²) < 4.78 is 0. The van der Waals surface area contributed by atoms with Crippen LogP contribution in [0.25, 0.3) is 0 Å². The van der Waals surface area contributed by atoms with Crippen molar-refractivity contribution in [3.63, 3.8) is 0 Å². The van der Waals surface area contributed by atoms with Crippen molar-refractivity contribution in [1.29, 1.82) is 0 Å². The van der Waals surface area contributed by atoms with Crippen LogP contribution in [0.3, 0.4) is 0 Å². The normalized spacial score (nSPS) is 8.00. The Bertz CT molecular complexity index is 26.5. The predicted octanol–water partition coefficient (Wildman–Crippen LogP) is 0.772. The Morgan fingerprint density at radius 2 is 0.778 bits per heavy atom. The third kappa shape index (κ3) is 1810. The first-order chi connectivity index (χ1) is 3.46. The second-order valence-corrected chi connectivity index (χ2v) is 2.19. The molecule has 0 bridgehead atoms. The molecule has 0 heterocycles. The van der Waals surface area contributed by atoms with Crippen molar-refractivity contribution >= 4 is 0 Å². The molecule has 0 aromatic rings. The molecule has 0 aliphatic carbocycles. The molecule has 0 atom stereocenters. The van der Waals surface area contributed by atoms with E-state index in [2.05, 4.69) is 0 Å². The molecule has 9 heavy (non-hydrogen) atoms. The van der Waals surface area contributed by atoms with Gasteiger partial charge in [-0.25, -0.2) is 0 Å². The summed E-state index contributed by atoms with van der Waals surface area (Å²) in [6.45, 7) is 6.89. The molecular weight excluding hydrogens is 168 g/mol. The molecule has 3 heteroatoms. The number of aliphatic hydroxyl groups is 2. The fourth-order valence-electron chi connectivity index (χ4n) is 0. The van der Waals surface area contributed by atoms with Crippen LogP contribution in [0.5, 0.6) is 0 Å². The molecule has 0 aliphatic rings. The topological polar surface area (TPSA) is 40.5 Å². The number of rotatable bonds is 0. The van der Waals surface area contributed by atoms with Gasteiger partial charge in [0.2, 0.25) is 0 Å². The molecule has 0 spiro atoms. The Hall–Kier alpha value is 0.439. The molecule has 63 valence electrons. The molecule has 0 amide bonds. The summed E-state index contributed by atoms with van der Waals surface area (Å²) in [7, 11) is 0. The van der Waals surface area contributed by atoms with Gasteiger partial charge in [0.05, 0.1) is 0 Å². The molecule has 0 fully saturated rings. The summed E-state index contributed by atoms with van der Waals surface area (Å²) in [5, 5.41) is 16.1. The second kappa shape index (κ2) is 11.3. The Labute approximate surface area is 67.8 Å². The third-order valence-electron chi connectivity index (χ3n) is 0. The van der Waals surface area contributed by atoms with Crippen molar-refractivity contribution in [2.75, 3.05) is 0 Å². The fourth-order valence-corrected chi connectivity index (χ4v) is 0. The van der Waals surface area contributed by atoms with E-state index in [4.69, 9.17) is 10.2 Å². The molecule has 2 nitrogen and oxygen atoms in total. The van der Waals surface area contributed by atoms with E-state index in [9.17, 15) is 0 Å². The van der Waals surface area contributed by atoms with E-state index in [1.54, 1.807) is 27.7 Å². The first-order valence-electron chi connectivity index (χ1n) is 2.83. The van der Waals surface area contributed by atoms with E-state index in [-0.39, 0.29) is 29.3 Å². The minimum atomic E-state index is -0.167. The fraction of sp³-hybridized carbons (Fsp3) is 1.00. The van der Waals surface area contributed by atoms with Gasteiger partial charge in [0.25, 0.3) is 0 Å². The maximum absolute atomic E-state index is 8.06. The van der Waals surface area contributed by atoms with E-state index in [0.717, 1.165) is 0 Å². The van der Waals surface area contributed by atoms with Gasteiger partial charge < -0.3 is 10.2 Å². The van der Waals surface area contributed by atoms with Gasteiger partial charge in [-0.1, -0.05) is 0 Å². The Morgan fingerprint density at radius 3 is 0.778 bits per heavy atom. The zero-order valence-electron chi connectivity index (χ0n) is 6.35. The summed E-state index contributed by atoms with van der Waals surface area (Å²) in [5.74, 6) is 0. The molecule has 0 unspecified atom stereocenters. The summed E-state index contributed by atoms with van der Waals surface area (Å²) >= 11 is 0. The summed E-state index contributed by atoms with van der Waals surface area (Å²) in [6.07, 6.45) is -0.333. The molecule has 0 saturated heterocycles. The summed E-state index contributed by atoms with van der Waals surface area (Å²) in [4.78, 5) is 0.